The molecular weight excluding hydrogens is 358 g/mol. The molecule has 0 spiro atoms. The summed E-state index contributed by atoms with van der Waals surface area (Å²) in [6.45, 7) is 8.62. The Labute approximate surface area is 165 Å². The summed E-state index contributed by atoms with van der Waals surface area (Å²) in [5.41, 5.74) is 1.64. The summed E-state index contributed by atoms with van der Waals surface area (Å²) in [5, 5.41) is 1.19. The van der Waals surface area contributed by atoms with Crippen molar-refractivity contribution in [2.24, 2.45) is 0 Å². The van der Waals surface area contributed by atoms with Crippen molar-refractivity contribution in [1.29, 1.82) is 0 Å². The third-order valence-electron chi connectivity index (χ3n) is 6.66. The first-order valence-electron chi connectivity index (χ1n) is 10.4. The molecule has 0 bridgehead atoms. The van der Waals surface area contributed by atoms with Crippen LogP contribution in [0.4, 0.5) is 0 Å². The largest absolute Gasteiger partial charge is 0.474 e. The van der Waals surface area contributed by atoms with Gasteiger partial charge >= 0.3 is 0 Å². The molecular formula is C21H29N3O2S. The second kappa shape index (κ2) is 6.98. The van der Waals surface area contributed by atoms with Crippen molar-refractivity contribution in [3.63, 3.8) is 0 Å². The lowest BCUT2D eigenvalue weighted by molar-refractivity contribution is -0.00126. The predicted octanol–water partition coefficient (Wildman–Crippen LogP) is 3.94. The number of hydrogen-bond acceptors (Lipinski definition) is 6. The van der Waals surface area contributed by atoms with Gasteiger partial charge in [-0.25, -0.2) is 9.97 Å². The van der Waals surface area contributed by atoms with E-state index in [1.165, 1.54) is 35.1 Å². The van der Waals surface area contributed by atoms with Crippen molar-refractivity contribution in [3.05, 3.63) is 16.8 Å². The molecule has 0 N–H and O–H groups in total. The Balaban J connectivity index is 1.33. The van der Waals surface area contributed by atoms with Crippen molar-refractivity contribution in [2.75, 3.05) is 26.3 Å². The number of fused-ring (bicyclic) bond motifs is 3. The number of thiophene rings is 1. The minimum Gasteiger partial charge on any atom is -0.474 e. The highest BCUT2D eigenvalue weighted by atomic mass is 32.1. The summed E-state index contributed by atoms with van der Waals surface area (Å²) in [6, 6.07) is 0.698. The van der Waals surface area contributed by atoms with E-state index in [9.17, 15) is 0 Å². The fourth-order valence-electron chi connectivity index (χ4n) is 5.11. The van der Waals surface area contributed by atoms with Crippen LogP contribution in [-0.4, -0.2) is 53.3 Å². The highest BCUT2D eigenvalue weighted by molar-refractivity contribution is 7.19. The smallest absolute Gasteiger partial charge is 0.225 e. The van der Waals surface area contributed by atoms with Crippen molar-refractivity contribution < 1.29 is 9.47 Å². The summed E-state index contributed by atoms with van der Waals surface area (Å²) in [4.78, 5) is 14.3. The van der Waals surface area contributed by atoms with E-state index >= 15 is 0 Å². The van der Waals surface area contributed by atoms with Crippen LogP contribution in [0.3, 0.4) is 0 Å². The number of hydrogen-bond donors (Lipinski definition) is 0. The second-order valence-electron chi connectivity index (χ2n) is 8.84. The Morgan fingerprint density at radius 2 is 1.93 bits per heavy atom. The molecule has 0 unspecified atom stereocenters. The number of nitrogens with zero attached hydrogens (tertiary/aromatic N) is 3. The molecule has 27 heavy (non-hydrogen) atoms. The van der Waals surface area contributed by atoms with Gasteiger partial charge in [-0.2, -0.15) is 0 Å². The lowest BCUT2D eigenvalue weighted by Crippen LogP contribution is -2.46. The highest BCUT2D eigenvalue weighted by Gasteiger charge is 2.36. The lowest BCUT2D eigenvalue weighted by atomic mass is 9.86. The van der Waals surface area contributed by atoms with Crippen LogP contribution >= 0.6 is 11.3 Å². The van der Waals surface area contributed by atoms with Crippen LogP contribution in [0.5, 0.6) is 5.88 Å². The maximum Gasteiger partial charge on any atom is 0.225 e. The standard InChI is InChI=1S/C21H29N3O2S/c1-21(2)8-7-16-18(21)17-19(22-13-23-20(17)27-16)26-15-5-3-14(4-6-15)24-9-11-25-12-10-24/h13-15H,3-12H2,1-2H3. The molecule has 2 aromatic heterocycles. The zero-order valence-electron chi connectivity index (χ0n) is 16.4. The maximum absolute atomic E-state index is 6.49. The van der Waals surface area contributed by atoms with Gasteiger partial charge in [0.05, 0.1) is 18.6 Å². The van der Waals surface area contributed by atoms with Gasteiger partial charge in [0, 0.05) is 24.0 Å². The molecule has 6 heteroatoms. The molecule has 1 saturated heterocycles. The molecule has 1 saturated carbocycles. The van der Waals surface area contributed by atoms with Gasteiger partial charge in [-0.1, -0.05) is 13.8 Å². The molecule has 0 aromatic carbocycles. The number of ether oxygens (including phenoxy) is 2. The number of rotatable bonds is 3. The summed E-state index contributed by atoms with van der Waals surface area (Å²) in [5.74, 6) is 0.822. The average Bonchev–Trinajstić information content (AvgIpc) is 3.21. The first-order valence-corrected chi connectivity index (χ1v) is 11.2. The Hall–Kier alpha value is -1.24. The normalized spacial score (nSPS) is 28.4. The van der Waals surface area contributed by atoms with Crippen LogP contribution in [0.1, 0.15) is 56.4 Å². The number of aromatic nitrogens is 2. The first-order chi connectivity index (χ1) is 13.1. The first kappa shape index (κ1) is 17.8. The SMILES string of the molecule is CC1(C)CCc2sc3ncnc(OC4CCC(N5CCOCC5)CC4)c3c21. The molecule has 2 aliphatic carbocycles. The summed E-state index contributed by atoms with van der Waals surface area (Å²) in [6.07, 6.45) is 8.98. The molecule has 0 atom stereocenters. The molecule has 146 valence electrons. The Morgan fingerprint density at radius 3 is 2.70 bits per heavy atom. The zero-order valence-corrected chi connectivity index (χ0v) is 17.2. The number of morpholine rings is 1. The fourth-order valence-corrected chi connectivity index (χ4v) is 6.42. The Bertz CT molecular complexity index is 820. The summed E-state index contributed by atoms with van der Waals surface area (Å²) < 4.78 is 12.0. The van der Waals surface area contributed by atoms with E-state index in [0.29, 0.717) is 6.04 Å². The molecule has 5 rings (SSSR count). The molecule has 0 amide bonds. The van der Waals surface area contributed by atoms with Crippen molar-refractivity contribution in [2.45, 2.75) is 69.9 Å². The van der Waals surface area contributed by atoms with Gasteiger partial charge in [0.2, 0.25) is 5.88 Å². The topological polar surface area (TPSA) is 47.5 Å². The van der Waals surface area contributed by atoms with E-state index in [1.54, 1.807) is 6.33 Å². The van der Waals surface area contributed by atoms with Crippen LogP contribution in [0.15, 0.2) is 6.33 Å². The van der Waals surface area contributed by atoms with Crippen molar-refractivity contribution in [3.8, 4) is 5.88 Å². The van der Waals surface area contributed by atoms with Gasteiger partial charge in [-0.3, -0.25) is 4.90 Å². The van der Waals surface area contributed by atoms with Crippen LogP contribution in [0.2, 0.25) is 0 Å². The highest BCUT2D eigenvalue weighted by Crippen LogP contribution is 2.49. The fraction of sp³-hybridized carbons (Fsp3) is 0.714. The zero-order chi connectivity index (χ0) is 18.4. The third-order valence-corrected chi connectivity index (χ3v) is 7.82. The van der Waals surface area contributed by atoms with Crippen molar-refractivity contribution in [1.82, 2.24) is 14.9 Å². The van der Waals surface area contributed by atoms with Crippen LogP contribution in [-0.2, 0) is 16.6 Å². The Kier molecular flexibility index (Phi) is 4.61. The molecule has 3 heterocycles. The monoisotopic (exact) mass is 387 g/mol. The molecule has 2 aromatic rings. The van der Waals surface area contributed by atoms with Crippen LogP contribution in [0.25, 0.3) is 10.2 Å². The molecule has 0 radical (unpaired) electrons. The Morgan fingerprint density at radius 1 is 1.15 bits per heavy atom. The third kappa shape index (κ3) is 3.26. The van der Waals surface area contributed by atoms with Crippen molar-refractivity contribution >= 4 is 21.6 Å². The van der Waals surface area contributed by atoms with E-state index in [1.807, 2.05) is 11.3 Å². The predicted molar refractivity (Wildman–Crippen MR) is 108 cm³/mol. The van der Waals surface area contributed by atoms with E-state index in [2.05, 4.69) is 28.7 Å². The van der Waals surface area contributed by atoms with E-state index in [0.717, 1.165) is 56.3 Å². The van der Waals surface area contributed by atoms with Gasteiger partial charge in [0.15, 0.2) is 0 Å². The number of aryl methyl sites for hydroxylation is 1. The van der Waals surface area contributed by atoms with Gasteiger partial charge in [0.25, 0.3) is 0 Å². The van der Waals surface area contributed by atoms with Gasteiger partial charge in [-0.15, -0.1) is 11.3 Å². The lowest BCUT2D eigenvalue weighted by Gasteiger charge is -2.38. The quantitative estimate of drug-likeness (QED) is 0.798. The maximum atomic E-state index is 6.49. The molecule has 5 nitrogen and oxygen atoms in total. The minimum absolute atomic E-state index is 0.199. The van der Waals surface area contributed by atoms with E-state index in [4.69, 9.17) is 9.47 Å². The van der Waals surface area contributed by atoms with Crippen LogP contribution < -0.4 is 4.74 Å². The van der Waals surface area contributed by atoms with Gasteiger partial charge in [0.1, 0.15) is 17.3 Å². The van der Waals surface area contributed by atoms with E-state index in [-0.39, 0.29) is 11.5 Å². The molecule has 1 aliphatic heterocycles. The van der Waals surface area contributed by atoms with Gasteiger partial charge in [-0.05, 0) is 49.5 Å². The van der Waals surface area contributed by atoms with Crippen LogP contribution in [0, 0.1) is 0 Å². The molecule has 2 fully saturated rings. The molecule has 3 aliphatic rings. The summed E-state index contributed by atoms with van der Waals surface area (Å²) >= 11 is 1.83. The second-order valence-corrected chi connectivity index (χ2v) is 9.92. The summed E-state index contributed by atoms with van der Waals surface area (Å²) in [7, 11) is 0. The average molecular weight is 388 g/mol. The minimum atomic E-state index is 0.199. The van der Waals surface area contributed by atoms with Gasteiger partial charge < -0.3 is 9.47 Å². The van der Waals surface area contributed by atoms with E-state index < -0.39 is 0 Å².